The van der Waals surface area contributed by atoms with Crippen molar-refractivity contribution in [1.82, 2.24) is 0 Å². The lowest BCUT2D eigenvalue weighted by Crippen LogP contribution is -2.22. The van der Waals surface area contributed by atoms with Crippen LogP contribution in [0.25, 0.3) is 0 Å². The second-order valence-corrected chi connectivity index (χ2v) is 4.29. The fourth-order valence-electron chi connectivity index (χ4n) is 0.850. The predicted octanol–water partition coefficient (Wildman–Crippen LogP) is 4.10. The van der Waals surface area contributed by atoms with Gasteiger partial charge in [-0.15, -0.1) is 0 Å². The van der Waals surface area contributed by atoms with Crippen LogP contribution in [-0.4, -0.2) is 12.0 Å². The zero-order chi connectivity index (χ0) is 11.8. The Morgan fingerprint density at radius 2 is 1.53 bits per heavy atom. The van der Waals surface area contributed by atoms with Gasteiger partial charge in [-0.2, -0.15) is 13.2 Å². The number of halogens is 6. The summed E-state index contributed by atoms with van der Waals surface area (Å²) in [5, 5.41) is 0. The summed E-state index contributed by atoms with van der Waals surface area (Å²) >= 11 is 5.41. The lowest BCUT2D eigenvalue weighted by molar-refractivity contribution is -0.0885. The smallest absolute Gasteiger partial charge is 0.284 e. The van der Waals surface area contributed by atoms with Crippen molar-refractivity contribution in [2.75, 3.05) is 0 Å². The van der Waals surface area contributed by atoms with Crippen LogP contribution < -0.4 is 0 Å². The number of rotatable bonds is 1. The molecular formula is C8H2Br2F4O. The second-order valence-electron chi connectivity index (χ2n) is 2.58. The van der Waals surface area contributed by atoms with Gasteiger partial charge in [0.2, 0.25) is 0 Å². The maximum atomic E-state index is 13.0. The van der Waals surface area contributed by atoms with Gasteiger partial charge in [0.25, 0.3) is 5.78 Å². The Bertz CT molecular complexity index is 391. The summed E-state index contributed by atoms with van der Waals surface area (Å²) in [6.07, 6.45) is -4.96. The van der Waals surface area contributed by atoms with E-state index in [-0.39, 0.29) is 8.95 Å². The fourth-order valence-corrected chi connectivity index (χ4v) is 2.04. The van der Waals surface area contributed by atoms with Gasteiger partial charge in [-0.05, 0) is 44.0 Å². The summed E-state index contributed by atoms with van der Waals surface area (Å²) in [4.78, 5) is 10.8. The molecule has 0 bridgehead atoms. The SMILES string of the molecule is O=C(c1cc(Br)c(F)c(Br)c1)C(F)(F)F. The Kier molecular flexibility index (Phi) is 3.55. The van der Waals surface area contributed by atoms with E-state index in [1.807, 2.05) is 0 Å². The molecule has 0 unspecified atom stereocenters. The van der Waals surface area contributed by atoms with E-state index in [0.717, 1.165) is 12.1 Å². The van der Waals surface area contributed by atoms with Crippen LogP contribution in [0.3, 0.4) is 0 Å². The Balaban J connectivity index is 3.24. The van der Waals surface area contributed by atoms with Crippen molar-refractivity contribution in [3.8, 4) is 0 Å². The van der Waals surface area contributed by atoms with E-state index in [1.54, 1.807) is 0 Å². The van der Waals surface area contributed by atoms with Gasteiger partial charge >= 0.3 is 6.18 Å². The van der Waals surface area contributed by atoms with Crippen LogP contribution in [0.5, 0.6) is 0 Å². The molecule has 1 aromatic carbocycles. The second kappa shape index (κ2) is 4.21. The highest BCUT2D eigenvalue weighted by atomic mass is 79.9. The molecule has 0 radical (unpaired) electrons. The summed E-state index contributed by atoms with van der Waals surface area (Å²) < 4.78 is 48.7. The van der Waals surface area contributed by atoms with Gasteiger partial charge in [0, 0.05) is 5.56 Å². The van der Waals surface area contributed by atoms with Crippen LogP contribution in [0.4, 0.5) is 17.6 Å². The summed E-state index contributed by atoms with van der Waals surface area (Å²) in [5.41, 5.74) is -0.623. The fraction of sp³-hybridized carbons (Fsp3) is 0.125. The van der Waals surface area contributed by atoms with Gasteiger partial charge in [-0.3, -0.25) is 4.79 Å². The van der Waals surface area contributed by atoms with Crippen molar-refractivity contribution in [3.63, 3.8) is 0 Å². The van der Waals surface area contributed by atoms with Crippen molar-refractivity contribution in [2.45, 2.75) is 6.18 Å². The minimum absolute atomic E-state index is 0.204. The van der Waals surface area contributed by atoms with Crippen LogP contribution in [0, 0.1) is 5.82 Å². The highest BCUT2D eigenvalue weighted by Gasteiger charge is 2.39. The quantitative estimate of drug-likeness (QED) is 0.424. The molecule has 1 rings (SSSR count). The molecular weight excluding hydrogens is 348 g/mol. The first-order valence-corrected chi connectivity index (χ1v) is 5.08. The van der Waals surface area contributed by atoms with Gasteiger partial charge in [0.1, 0.15) is 0 Å². The van der Waals surface area contributed by atoms with Gasteiger partial charge in [0.15, 0.2) is 5.82 Å². The van der Waals surface area contributed by atoms with Crippen molar-refractivity contribution in [3.05, 3.63) is 32.5 Å². The number of ketones is 1. The topological polar surface area (TPSA) is 17.1 Å². The summed E-state index contributed by atoms with van der Waals surface area (Å²) in [6.45, 7) is 0. The van der Waals surface area contributed by atoms with Crippen molar-refractivity contribution < 1.29 is 22.4 Å². The van der Waals surface area contributed by atoms with E-state index in [1.165, 1.54) is 0 Å². The van der Waals surface area contributed by atoms with E-state index in [0.29, 0.717) is 0 Å². The third-order valence-electron chi connectivity index (χ3n) is 1.50. The average Bonchev–Trinajstić information content (AvgIpc) is 2.10. The highest BCUT2D eigenvalue weighted by molar-refractivity contribution is 9.11. The Hall–Kier alpha value is -0.430. The van der Waals surface area contributed by atoms with Crippen molar-refractivity contribution >= 4 is 37.6 Å². The van der Waals surface area contributed by atoms with E-state index >= 15 is 0 Å². The van der Waals surface area contributed by atoms with Crippen LogP contribution in [0.15, 0.2) is 21.1 Å². The highest BCUT2D eigenvalue weighted by Crippen LogP contribution is 2.29. The molecule has 7 heteroatoms. The van der Waals surface area contributed by atoms with E-state index in [4.69, 9.17) is 0 Å². The van der Waals surface area contributed by atoms with Gasteiger partial charge in [-0.25, -0.2) is 4.39 Å². The van der Waals surface area contributed by atoms with Gasteiger partial charge < -0.3 is 0 Å². The number of Topliss-reactive ketones (excluding diaryl/α,β-unsaturated/α-hetero) is 1. The minimum Gasteiger partial charge on any atom is -0.284 e. The molecule has 0 saturated carbocycles. The monoisotopic (exact) mass is 348 g/mol. The number of hydrogen-bond acceptors (Lipinski definition) is 1. The maximum absolute atomic E-state index is 13.0. The van der Waals surface area contributed by atoms with E-state index in [2.05, 4.69) is 31.9 Å². The standard InChI is InChI=1S/C8H2Br2F4O/c9-4-1-3(2-5(10)6(4)11)7(15)8(12,13)14/h1-2H. The Labute approximate surface area is 98.7 Å². The average molecular weight is 350 g/mol. The number of carbonyl (C=O) groups excluding carboxylic acids is 1. The van der Waals surface area contributed by atoms with E-state index in [9.17, 15) is 22.4 Å². The lowest BCUT2D eigenvalue weighted by Gasteiger charge is -2.06. The molecule has 0 aliphatic carbocycles. The molecule has 0 atom stereocenters. The van der Waals surface area contributed by atoms with Crippen LogP contribution in [0.2, 0.25) is 0 Å². The third kappa shape index (κ3) is 2.78. The molecule has 0 fully saturated rings. The van der Waals surface area contributed by atoms with Gasteiger partial charge in [-0.1, -0.05) is 0 Å². The first kappa shape index (κ1) is 12.6. The molecule has 0 aliphatic rings. The van der Waals surface area contributed by atoms with Crippen molar-refractivity contribution in [1.29, 1.82) is 0 Å². The number of carbonyl (C=O) groups is 1. The Morgan fingerprint density at radius 1 is 1.13 bits per heavy atom. The lowest BCUT2D eigenvalue weighted by atomic mass is 10.1. The molecule has 15 heavy (non-hydrogen) atoms. The largest absolute Gasteiger partial charge is 0.454 e. The molecule has 1 nitrogen and oxygen atoms in total. The summed E-state index contributed by atoms with van der Waals surface area (Å²) in [5.74, 6) is -2.77. The van der Waals surface area contributed by atoms with Crippen LogP contribution in [0.1, 0.15) is 10.4 Å². The number of hydrogen-bond donors (Lipinski definition) is 0. The molecule has 0 aromatic heterocycles. The molecule has 0 heterocycles. The normalized spacial score (nSPS) is 11.6. The zero-order valence-electron chi connectivity index (χ0n) is 6.83. The molecule has 1 aromatic rings. The predicted molar refractivity (Wildman–Crippen MR) is 52.2 cm³/mol. The van der Waals surface area contributed by atoms with Crippen molar-refractivity contribution in [2.24, 2.45) is 0 Å². The first-order chi connectivity index (χ1) is 6.73. The number of alkyl halides is 3. The van der Waals surface area contributed by atoms with Crippen LogP contribution in [-0.2, 0) is 0 Å². The maximum Gasteiger partial charge on any atom is 0.454 e. The molecule has 0 aliphatic heterocycles. The molecule has 0 amide bonds. The van der Waals surface area contributed by atoms with Crippen LogP contribution >= 0.6 is 31.9 Å². The molecule has 0 saturated heterocycles. The zero-order valence-corrected chi connectivity index (χ0v) is 10.0. The van der Waals surface area contributed by atoms with E-state index < -0.39 is 23.3 Å². The Morgan fingerprint density at radius 3 is 1.87 bits per heavy atom. The number of benzene rings is 1. The first-order valence-electron chi connectivity index (χ1n) is 3.49. The summed E-state index contributed by atoms with van der Waals surface area (Å²) in [6, 6.07) is 1.58. The minimum atomic E-state index is -4.96. The van der Waals surface area contributed by atoms with Gasteiger partial charge in [0.05, 0.1) is 8.95 Å². The molecule has 0 N–H and O–H groups in total. The molecule has 0 spiro atoms. The molecule has 82 valence electrons. The summed E-state index contributed by atoms with van der Waals surface area (Å²) in [7, 11) is 0. The third-order valence-corrected chi connectivity index (χ3v) is 2.66.